The van der Waals surface area contributed by atoms with E-state index in [0.29, 0.717) is 16.3 Å². The summed E-state index contributed by atoms with van der Waals surface area (Å²) in [5.74, 6) is -0.360. The average molecular weight is 399 g/mol. The molecule has 1 heterocycles. The van der Waals surface area contributed by atoms with E-state index in [-0.39, 0.29) is 5.91 Å². The molecule has 0 aliphatic carbocycles. The van der Waals surface area contributed by atoms with Gasteiger partial charge in [0.25, 0.3) is 5.91 Å². The van der Waals surface area contributed by atoms with Gasteiger partial charge in [-0.2, -0.15) is 10.4 Å². The van der Waals surface area contributed by atoms with Crippen LogP contribution < -0.4 is 5.43 Å². The predicted octanol–water partition coefficient (Wildman–Crippen LogP) is 5.12. The fourth-order valence-electron chi connectivity index (χ4n) is 3.10. The molecule has 0 atom stereocenters. The van der Waals surface area contributed by atoms with Gasteiger partial charge in [-0.25, -0.2) is 5.43 Å². The number of nitrogens with zero attached hydrogens (tertiary/aromatic N) is 2. The summed E-state index contributed by atoms with van der Waals surface area (Å²) in [7, 11) is 0. The fourth-order valence-corrected chi connectivity index (χ4v) is 3.28. The van der Waals surface area contributed by atoms with Crippen LogP contribution in [0.4, 0.5) is 0 Å². The number of H-pyrrole nitrogens is 1. The van der Waals surface area contributed by atoms with Crippen LogP contribution in [0.15, 0.2) is 77.9 Å². The van der Waals surface area contributed by atoms with Gasteiger partial charge in [0.1, 0.15) is 5.69 Å². The minimum Gasteiger partial charge on any atom is -0.350 e. The minimum atomic E-state index is -0.360. The maximum atomic E-state index is 12.9. The van der Waals surface area contributed by atoms with Crippen LogP contribution in [0.1, 0.15) is 21.6 Å². The molecule has 0 aliphatic rings. The summed E-state index contributed by atoms with van der Waals surface area (Å²) in [6, 6.07) is 24.1. The van der Waals surface area contributed by atoms with Crippen LogP contribution in [-0.2, 0) is 0 Å². The Bertz CT molecular complexity index is 1250. The van der Waals surface area contributed by atoms with E-state index >= 15 is 0 Å². The lowest BCUT2D eigenvalue weighted by atomic mass is 10.0. The highest BCUT2D eigenvalue weighted by Gasteiger charge is 2.19. The van der Waals surface area contributed by atoms with Crippen LogP contribution in [0.2, 0.25) is 5.02 Å². The molecule has 29 heavy (non-hydrogen) atoms. The van der Waals surface area contributed by atoms with Gasteiger partial charge in [-0.3, -0.25) is 4.79 Å². The van der Waals surface area contributed by atoms with Crippen molar-refractivity contribution in [1.82, 2.24) is 10.4 Å². The molecule has 4 rings (SSSR count). The van der Waals surface area contributed by atoms with Crippen LogP contribution in [0.3, 0.4) is 0 Å². The molecule has 0 spiro atoms. The molecular formula is C23H15ClN4O. The number of benzene rings is 3. The number of rotatable bonds is 4. The van der Waals surface area contributed by atoms with Gasteiger partial charge in [-0.1, -0.05) is 54.1 Å². The van der Waals surface area contributed by atoms with Crippen molar-refractivity contribution in [2.45, 2.75) is 0 Å². The van der Waals surface area contributed by atoms with E-state index in [2.05, 4.69) is 21.6 Å². The van der Waals surface area contributed by atoms with Crippen molar-refractivity contribution < 1.29 is 4.79 Å². The maximum absolute atomic E-state index is 12.9. The zero-order chi connectivity index (χ0) is 20.2. The first-order chi connectivity index (χ1) is 14.2. The molecule has 0 radical (unpaired) electrons. The van der Waals surface area contributed by atoms with Crippen LogP contribution in [0, 0.1) is 11.3 Å². The molecule has 3 aromatic carbocycles. The van der Waals surface area contributed by atoms with Crippen LogP contribution in [0.25, 0.3) is 22.0 Å². The number of nitriles is 1. The molecule has 0 bridgehead atoms. The van der Waals surface area contributed by atoms with E-state index < -0.39 is 0 Å². The topological polar surface area (TPSA) is 81.0 Å². The molecule has 4 aromatic rings. The van der Waals surface area contributed by atoms with E-state index in [1.807, 2.05) is 42.5 Å². The Hall–Kier alpha value is -3.88. The van der Waals surface area contributed by atoms with E-state index in [1.165, 1.54) is 6.21 Å². The van der Waals surface area contributed by atoms with Gasteiger partial charge < -0.3 is 4.98 Å². The first-order valence-electron chi connectivity index (χ1n) is 8.86. The van der Waals surface area contributed by atoms with Gasteiger partial charge in [-0.15, -0.1) is 0 Å². The highest BCUT2D eigenvalue weighted by molar-refractivity contribution is 6.31. The first-order valence-corrected chi connectivity index (χ1v) is 9.24. The molecule has 0 unspecified atom stereocenters. The summed E-state index contributed by atoms with van der Waals surface area (Å²) in [4.78, 5) is 16.0. The highest BCUT2D eigenvalue weighted by Crippen LogP contribution is 2.34. The van der Waals surface area contributed by atoms with Gasteiger partial charge in [0.2, 0.25) is 0 Å². The van der Waals surface area contributed by atoms with Crippen molar-refractivity contribution >= 4 is 34.6 Å². The number of fused-ring (bicyclic) bond motifs is 1. The normalized spacial score (nSPS) is 10.9. The molecule has 6 heteroatoms. The Balaban J connectivity index is 1.66. The number of hydrazone groups is 1. The van der Waals surface area contributed by atoms with E-state index in [1.54, 1.807) is 30.3 Å². The summed E-state index contributed by atoms with van der Waals surface area (Å²) in [5.41, 5.74) is 6.80. The van der Waals surface area contributed by atoms with Gasteiger partial charge in [0.05, 0.1) is 17.8 Å². The first kappa shape index (κ1) is 18.5. The molecular weight excluding hydrogens is 384 g/mol. The highest BCUT2D eigenvalue weighted by atomic mass is 35.5. The summed E-state index contributed by atoms with van der Waals surface area (Å²) >= 11 is 6.18. The number of aromatic amines is 1. The number of amides is 1. The number of nitrogens with one attached hydrogen (secondary N) is 2. The van der Waals surface area contributed by atoms with E-state index in [0.717, 1.165) is 27.6 Å². The Morgan fingerprint density at radius 1 is 1.07 bits per heavy atom. The third kappa shape index (κ3) is 3.88. The van der Waals surface area contributed by atoms with Gasteiger partial charge >= 0.3 is 0 Å². The smallest absolute Gasteiger partial charge is 0.288 e. The van der Waals surface area contributed by atoms with Crippen molar-refractivity contribution in [3.8, 4) is 17.2 Å². The molecule has 0 fully saturated rings. The quantitative estimate of drug-likeness (QED) is 0.369. The lowest BCUT2D eigenvalue weighted by molar-refractivity contribution is 0.0951. The molecule has 2 N–H and O–H groups in total. The Labute approximate surface area is 172 Å². The standard InChI is InChI=1S/C23H15ClN4O/c24-18-10-11-20-19(12-18)21(17-4-2-1-3-5-17)22(27-20)23(29)28-26-14-16-8-6-15(13-25)7-9-16/h1-12,14,27H,(H,28,29)/b26-14+. The Morgan fingerprint density at radius 3 is 2.55 bits per heavy atom. The van der Waals surface area contributed by atoms with Crippen LogP contribution in [-0.4, -0.2) is 17.1 Å². The largest absolute Gasteiger partial charge is 0.350 e. The minimum absolute atomic E-state index is 0.360. The van der Waals surface area contributed by atoms with Crippen LogP contribution in [0.5, 0.6) is 0 Å². The van der Waals surface area contributed by atoms with Crippen molar-refractivity contribution in [1.29, 1.82) is 5.26 Å². The number of halogens is 1. The summed E-state index contributed by atoms with van der Waals surface area (Å²) in [6.07, 6.45) is 1.53. The molecule has 0 saturated heterocycles. The zero-order valence-electron chi connectivity index (χ0n) is 15.2. The van der Waals surface area contributed by atoms with Crippen molar-refractivity contribution in [3.05, 3.63) is 94.6 Å². The lowest BCUT2D eigenvalue weighted by Gasteiger charge is -2.04. The predicted molar refractivity (Wildman–Crippen MR) is 115 cm³/mol. The molecule has 1 aromatic heterocycles. The van der Waals surface area contributed by atoms with Crippen molar-refractivity contribution in [2.24, 2.45) is 5.10 Å². The maximum Gasteiger partial charge on any atom is 0.288 e. The lowest BCUT2D eigenvalue weighted by Crippen LogP contribution is -2.18. The van der Waals surface area contributed by atoms with E-state index in [9.17, 15) is 4.79 Å². The summed E-state index contributed by atoms with van der Waals surface area (Å²) < 4.78 is 0. The molecule has 5 nitrogen and oxygen atoms in total. The summed E-state index contributed by atoms with van der Waals surface area (Å²) in [5, 5.41) is 14.4. The zero-order valence-corrected chi connectivity index (χ0v) is 15.9. The number of carbonyl (C=O) groups is 1. The number of hydrogen-bond acceptors (Lipinski definition) is 3. The summed E-state index contributed by atoms with van der Waals surface area (Å²) in [6.45, 7) is 0. The second-order valence-corrected chi connectivity index (χ2v) is 6.80. The molecule has 0 saturated carbocycles. The monoisotopic (exact) mass is 398 g/mol. The van der Waals surface area contributed by atoms with Gasteiger partial charge in [0.15, 0.2) is 0 Å². The molecule has 140 valence electrons. The second-order valence-electron chi connectivity index (χ2n) is 6.36. The number of hydrogen-bond donors (Lipinski definition) is 2. The van der Waals surface area contributed by atoms with Crippen molar-refractivity contribution in [3.63, 3.8) is 0 Å². The average Bonchev–Trinajstić information content (AvgIpc) is 3.13. The molecule has 0 aliphatic heterocycles. The third-order valence-electron chi connectivity index (χ3n) is 4.47. The van der Waals surface area contributed by atoms with Crippen molar-refractivity contribution in [2.75, 3.05) is 0 Å². The Morgan fingerprint density at radius 2 is 1.83 bits per heavy atom. The Kier molecular flexibility index (Phi) is 5.10. The number of carbonyl (C=O) groups excluding carboxylic acids is 1. The van der Waals surface area contributed by atoms with Gasteiger partial charge in [0, 0.05) is 21.5 Å². The second kappa shape index (κ2) is 8.01. The third-order valence-corrected chi connectivity index (χ3v) is 4.70. The SMILES string of the molecule is N#Cc1ccc(/C=N/NC(=O)c2[nH]c3ccc(Cl)cc3c2-c2ccccc2)cc1. The van der Waals surface area contributed by atoms with E-state index in [4.69, 9.17) is 16.9 Å². The molecule has 1 amide bonds. The van der Waals surface area contributed by atoms with Gasteiger partial charge in [-0.05, 0) is 41.5 Å². The number of aromatic nitrogens is 1. The fraction of sp³-hybridized carbons (Fsp3) is 0. The van der Waals surface area contributed by atoms with Crippen LogP contribution >= 0.6 is 11.6 Å².